The standard InChI is InChI=1S/C17H23N3S/c1-3-18-17(21)20-16(13-9-5-4-6-10-13)14-11-7-8-12(2)15(14)19-20/h4-6,9-10,12,14,16H,3,7-8,11H2,1-2H3,(H,18,21)/t12?,14-,16-/m1/s1. The summed E-state index contributed by atoms with van der Waals surface area (Å²) in [6.07, 6.45) is 3.75. The van der Waals surface area contributed by atoms with E-state index in [1.807, 2.05) is 0 Å². The third kappa shape index (κ3) is 2.69. The third-order valence-corrected chi connectivity index (χ3v) is 4.91. The highest BCUT2D eigenvalue weighted by Gasteiger charge is 2.43. The second-order valence-electron chi connectivity index (χ2n) is 6.00. The highest BCUT2D eigenvalue weighted by Crippen LogP contribution is 2.43. The van der Waals surface area contributed by atoms with Gasteiger partial charge in [0, 0.05) is 18.2 Å². The Hall–Kier alpha value is -1.42. The fraction of sp³-hybridized carbons (Fsp3) is 0.529. The molecule has 1 fully saturated rings. The highest BCUT2D eigenvalue weighted by molar-refractivity contribution is 7.80. The first-order valence-electron chi connectivity index (χ1n) is 7.92. The molecule has 1 saturated carbocycles. The van der Waals surface area contributed by atoms with Gasteiger partial charge < -0.3 is 5.32 Å². The molecule has 1 aromatic carbocycles. The maximum atomic E-state index is 5.56. The van der Waals surface area contributed by atoms with Crippen LogP contribution in [0.2, 0.25) is 0 Å². The Morgan fingerprint density at radius 3 is 2.81 bits per heavy atom. The average Bonchev–Trinajstić information content (AvgIpc) is 2.89. The number of hydrogen-bond donors (Lipinski definition) is 1. The molecule has 21 heavy (non-hydrogen) atoms. The van der Waals surface area contributed by atoms with Crippen LogP contribution in [-0.4, -0.2) is 22.4 Å². The van der Waals surface area contributed by atoms with E-state index in [0.717, 1.165) is 11.7 Å². The minimum absolute atomic E-state index is 0.260. The number of fused-ring (bicyclic) bond motifs is 1. The number of thiocarbonyl (C=S) groups is 1. The molecule has 1 aromatic rings. The monoisotopic (exact) mass is 301 g/mol. The van der Waals surface area contributed by atoms with Crippen molar-refractivity contribution in [1.82, 2.24) is 10.3 Å². The summed E-state index contributed by atoms with van der Waals surface area (Å²) in [4.78, 5) is 0. The van der Waals surface area contributed by atoms with E-state index >= 15 is 0 Å². The zero-order valence-electron chi connectivity index (χ0n) is 12.7. The average molecular weight is 301 g/mol. The van der Waals surface area contributed by atoms with E-state index in [2.05, 4.69) is 54.5 Å². The van der Waals surface area contributed by atoms with Crippen LogP contribution in [0.3, 0.4) is 0 Å². The van der Waals surface area contributed by atoms with Crippen molar-refractivity contribution in [2.24, 2.45) is 16.9 Å². The molecule has 1 heterocycles. The summed E-state index contributed by atoms with van der Waals surface area (Å²) < 4.78 is 0. The van der Waals surface area contributed by atoms with Gasteiger partial charge in [-0.25, -0.2) is 5.01 Å². The molecule has 0 saturated heterocycles. The molecule has 1 aliphatic carbocycles. The van der Waals surface area contributed by atoms with E-state index < -0.39 is 0 Å². The van der Waals surface area contributed by atoms with E-state index in [-0.39, 0.29) is 6.04 Å². The Morgan fingerprint density at radius 1 is 1.33 bits per heavy atom. The Bertz CT molecular complexity index is 540. The molecule has 3 atom stereocenters. The molecule has 3 rings (SSSR count). The molecule has 0 aromatic heterocycles. The van der Waals surface area contributed by atoms with Crippen molar-refractivity contribution in [2.75, 3.05) is 6.54 Å². The van der Waals surface area contributed by atoms with Crippen LogP contribution >= 0.6 is 12.2 Å². The normalized spacial score (nSPS) is 28.0. The van der Waals surface area contributed by atoms with Gasteiger partial charge in [0.25, 0.3) is 0 Å². The van der Waals surface area contributed by atoms with Gasteiger partial charge in [-0.3, -0.25) is 0 Å². The predicted molar refractivity (Wildman–Crippen MR) is 91.2 cm³/mol. The first kappa shape index (κ1) is 14.5. The molecule has 1 aliphatic heterocycles. The van der Waals surface area contributed by atoms with Crippen molar-refractivity contribution in [1.29, 1.82) is 0 Å². The summed E-state index contributed by atoms with van der Waals surface area (Å²) >= 11 is 5.56. The lowest BCUT2D eigenvalue weighted by Gasteiger charge is -2.31. The van der Waals surface area contributed by atoms with Gasteiger partial charge in [-0.05, 0) is 43.5 Å². The summed E-state index contributed by atoms with van der Waals surface area (Å²) in [5, 5.41) is 11.0. The lowest BCUT2D eigenvalue weighted by atomic mass is 9.76. The van der Waals surface area contributed by atoms with E-state index in [0.29, 0.717) is 11.8 Å². The molecular weight excluding hydrogens is 278 g/mol. The van der Waals surface area contributed by atoms with Crippen LogP contribution in [-0.2, 0) is 0 Å². The fourth-order valence-corrected chi connectivity index (χ4v) is 3.88. The Labute approximate surface area is 132 Å². The summed E-state index contributed by atoms with van der Waals surface area (Å²) in [6.45, 7) is 5.21. The Kier molecular flexibility index (Phi) is 4.24. The van der Waals surface area contributed by atoms with Crippen molar-refractivity contribution in [3.63, 3.8) is 0 Å². The van der Waals surface area contributed by atoms with Gasteiger partial charge >= 0.3 is 0 Å². The zero-order valence-corrected chi connectivity index (χ0v) is 13.6. The van der Waals surface area contributed by atoms with Crippen LogP contribution in [0.5, 0.6) is 0 Å². The highest BCUT2D eigenvalue weighted by atomic mass is 32.1. The molecule has 4 heteroatoms. The van der Waals surface area contributed by atoms with Gasteiger partial charge in [-0.1, -0.05) is 43.7 Å². The van der Waals surface area contributed by atoms with Crippen LogP contribution in [0.1, 0.15) is 44.7 Å². The summed E-state index contributed by atoms with van der Waals surface area (Å²) in [6, 6.07) is 10.9. The first-order valence-corrected chi connectivity index (χ1v) is 8.33. The summed E-state index contributed by atoms with van der Waals surface area (Å²) in [5.41, 5.74) is 2.66. The van der Waals surface area contributed by atoms with Gasteiger partial charge in [0.2, 0.25) is 0 Å². The van der Waals surface area contributed by atoms with E-state index in [1.54, 1.807) is 0 Å². The topological polar surface area (TPSA) is 27.6 Å². The predicted octanol–water partition coefficient (Wildman–Crippen LogP) is 3.73. The largest absolute Gasteiger partial charge is 0.361 e. The molecule has 0 spiro atoms. The molecular formula is C17H23N3S. The van der Waals surface area contributed by atoms with Gasteiger partial charge in [-0.15, -0.1) is 0 Å². The molecule has 0 amide bonds. The van der Waals surface area contributed by atoms with Crippen LogP contribution in [0.4, 0.5) is 0 Å². The molecule has 1 N–H and O–H groups in total. The van der Waals surface area contributed by atoms with E-state index in [4.69, 9.17) is 17.3 Å². The number of benzene rings is 1. The van der Waals surface area contributed by atoms with Gasteiger partial charge in [0.15, 0.2) is 5.11 Å². The second-order valence-corrected chi connectivity index (χ2v) is 6.39. The van der Waals surface area contributed by atoms with Gasteiger partial charge in [0.1, 0.15) is 0 Å². The van der Waals surface area contributed by atoms with Gasteiger partial charge in [0.05, 0.1) is 6.04 Å². The van der Waals surface area contributed by atoms with Crippen LogP contribution in [0.15, 0.2) is 35.4 Å². The van der Waals surface area contributed by atoms with Crippen molar-refractivity contribution in [3.8, 4) is 0 Å². The third-order valence-electron chi connectivity index (χ3n) is 4.58. The quantitative estimate of drug-likeness (QED) is 0.844. The fourth-order valence-electron chi connectivity index (χ4n) is 3.58. The number of hydrazone groups is 1. The lowest BCUT2D eigenvalue weighted by Crippen LogP contribution is -2.38. The first-order chi connectivity index (χ1) is 10.2. The van der Waals surface area contributed by atoms with Crippen molar-refractivity contribution in [2.45, 2.75) is 39.2 Å². The zero-order chi connectivity index (χ0) is 14.8. The number of rotatable bonds is 2. The van der Waals surface area contributed by atoms with Crippen LogP contribution in [0.25, 0.3) is 0 Å². The van der Waals surface area contributed by atoms with E-state index in [1.165, 1.54) is 30.5 Å². The molecule has 0 bridgehead atoms. The number of nitrogens with zero attached hydrogens (tertiary/aromatic N) is 2. The minimum atomic E-state index is 0.260. The smallest absolute Gasteiger partial charge is 0.190 e. The molecule has 3 nitrogen and oxygen atoms in total. The van der Waals surface area contributed by atoms with Crippen molar-refractivity contribution in [3.05, 3.63) is 35.9 Å². The number of nitrogens with one attached hydrogen (secondary N) is 1. The molecule has 1 unspecified atom stereocenters. The summed E-state index contributed by atoms with van der Waals surface area (Å²) in [7, 11) is 0. The maximum Gasteiger partial charge on any atom is 0.190 e. The van der Waals surface area contributed by atoms with Crippen LogP contribution < -0.4 is 5.32 Å². The minimum Gasteiger partial charge on any atom is -0.361 e. The van der Waals surface area contributed by atoms with Gasteiger partial charge in [-0.2, -0.15) is 5.10 Å². The Morgan fingerprint density at radius 2 is 2.10 bits per heavy atom. The lowest BCUT2D eigenvalue weighted by molar-refractivity contribution is 0.293. The van der Waals surface area contributed by atoms with E-state index in [9.17, 15) is 0 Å². The Balaban J connectivity index is 1.96. The van der Waals surface area contributed by atoms with Crippen molar-refractivity contribution < 1.29 is 0 Å². The van der Waals surface area contributed by atoms with Crippen LogP contribution in [0, 0.1) is 11.8 Å². The SMILES string of the molecule is CCNC(=S)N1N=C2C(C)CCC[C@H]2[C@H]1c1ccccc1. The van der Waals surface area contributed by atoms with Crippen molar-refractivity contribution >= 4 is 23.0 Å². The second kappa shape index (κ2) is 6.14. The molecule has 112 valence electrons. The molecule has 2 aliphatic rings. The molecule has 0 radical (unpaired) electrons. The summed E-state index contributed by atoms with van der Waals surface area (Å²) in [5.74, 6) is 1.08. The number of hydrogen-bond acceptors (Lipinski definition) is 2. The maximum absolute atomic E-state index is 5.56.